The van der Waals surface area contributed by atoms with Crippen molar-refractivity contribution in [2.45, 2.75) is 43.9 Å². The summed E-state index contributed by atoms with van der Waals surface area (Å²) in [5, 5.41) is 2.78. The quantitative estimate of drug-likeness (QED) is 0.790. The Kier molecular flexibility index (Phi) is 6.20. The molecule has 5 nitrogen and oxygen atoms in total. The molecule has 1 aromatic carbocycles. The maximum absolute atomic E-state index is 12.9. The summed E-state index contributed by atoms with van der Waals surface area (Å²) in [5.74, 6) is 0.175. The van der Waals surface area contributed by atoms with Crippen LogP contribution in [0.4, 0.5) is 13.2 Å². The van der Waals surface area contributed by atoms with Crippen molar-refractivity contribution in [2.75, 3.05) is 0 Å². The second-order valence-corrected chi connectivity index (χ2v) is 7.32. The van der Waals surface area contributed by atoms with Crippen LogP contribution in [-0.2, 0) is 6.18 Å². The molecule has 1 fully saturated rings. The Hall–Kier alpha value is -2.19. The minimum atomic E-state index is -4.53. The first-order valence-electron chi connectivity index (χ1n) is 8.96. The zero-order valence-electron chi connectivity index (χ0n) is 14.9. The number of carbonyl (C=O) groups excluding carboxylic acids is 1. The van der Waals surface area contributed by atoms with Gasteiger partial charge in [0.05, 0.1) is 22.2 Å². The van der Waals surface area contributed by atoms with Crippen LogP contribution in [0.15, 0.2) is 36.7 Å². The third-order valence-electron chi connectivity index (χ3n) is 5.04. The molecule has 3 rings (SSSR count). The van der Waals surface area contributed by atoms with Crippen molar-refractivity contribution >= 4 is 17.5 Å². The highest BCUT2D eigenvalue weighted by atomic mass is 35.5. The monoisotopic (exact) mass is 412 g/mol. The highest BCUT2D eigenvalue weighted by molar-refractivity contribution is 6.33. The van der Waals surface area contributed by atoms with Gasteiger partial charge in [-0.3, -0.25) is 4.79 Å². The van der Waals surface area contributed by atoms with Gasteiger partial charge in [-0.1, -0.05) is 11.6 Å². The maximum Gasteiger partial charge on any atom is 0.416 e. The number of hydrogen-bond acceptors (Lipinski definition) is 4. The number of nitrogens with one attached hydrogen (secondary N) is 1. The fraction of sp³-hybridized carbons (Fsp3) is 0.421. The lowest BCUT2D eigenvalue weighted by Gasteiger charge is -2.32. The fourth-order valence-corrected chi connectivity index (χ4v) is 3.66. The smallest absolute Gasteiger partial charge is 0.349 e. The minimum Gasteiger partial charge on any atom is -0.349 e. The van der Waals surface area contributed by atoms with E-state index in [1.807, 2.05) is 0 Å². The van der Waals surface area contributed by atoms with Crippen LogP contribution in [-0.4, -0.2) is 21.9 Å². The molecule has 0 bridgehead atoms. The molecule has 0 spiro atoms. The number of halogens is 4. The summed E-state index contributed by atoms with van der Waals surface area (Å²) < 4.78 is 38.7. The van der Waals surface area contributed by atoms with E-state index in [2.05, 4.69) is 15.3 Å². The Bertz CT molecular complexity index is 824. The molecule has 1 aliphatic carbocycles. The predicted octanol–water partition coefficient (Wildman–Crippen LogP) is 4.14. The molecule has 3 N–H and O–H groups in total. The maximum atomic E-state index is 12.9. The summed E-state index contributed by atoms with van der Waals surface area (Å²) in [7, 11) is 0. The van der Waals surface area contributed by atoms with Crippen LogP contribution in [0.25, 0.3) is 0 Å². The molecule has 1 unspecified atom stereocenters. The first kappa shape index (κ1) is 20.5. The zero-order chi connectivity index (χ0) is 20.3. The molecule has 150 valence electrons. The van der Waals surface area contributed by atoms with Crippen molar-refractivity contribution in [3.8, 4) is 0 Å². The van der Waals surface area contributed by atoms with E-state index in [-0.39, 0.29) is 28.6 Å². The molecule has 0 aliphatic heterocycles. The number of nitrogens with zero attached hydrogens (tertiary/aromatic N) is 2. The van der Waals surface area contributed by atoms with E-state index < -0.39 is 17.6 Å². The summed E-state index contributed by atoms with van der Waals surface area (Å²) in [4.78, 5) is 20.8. The van der Waals surface area contributed by atoms with Crippen molar-refractivity contribution in [3.63, 3.8) is 0 Å². The summed E-state index contributed by atoms with van der Waals surface area (Å²) >= 11 is 5.93. The molecular formula is C19H20ClF3N4O. The van der Waals surface area contributed by atoms with Gasteiger partial charge in [-0.2, -0.15) is 13.2 Å². The molecule has 2 aromatic rings. The predicted molar refractivity (Wildman–Crippen MR) is 98.6 cm³/mol. The molecule has 1 aliphatic rings. The standard InChI is InChI=1S/C19H20ClF3N4O/c20-15-7-4-12(19(21,22)23)10-14(15)18(28)27-13-5-2-11(3-6-13)16(24)17-25-8-1-9-26-17/h1,4,7-11,13,16H,2-3,5-6,24H2,(H,27,28). The molecule has 0 saturated heterocycles. The van der Waals surface area contributed by atoms with Crippen molar-refractivity contribution in [1.82, 2.24) is 15.3 Å². The molecule has 1 aromatic heterocycles. The topological polar surface area (TPSA) is 80.9 Å². The average Bonchev–Trinajstić information content (AvgIpc) is 2.68. The highest BCUT2D eigenvalue weighted by Gasteiger charge is 2.32. The van der Waals surface area contributed by atoms with E-state index in [1.165, 1.54) is 0 Å². The largest absolute Gasteiger partial charge is 0.416 e. The van der Waals surface area contributed by atoms with Gasteiger partial charge >= 0.3 is 6.18 Å². The first-order valence-corrected chi connectivity index (χ1v) is 9.33. The van der Waals surface area contributed by atoms with E-state index >= 15 is 0 Å². The molecule has 1 atom stereocenters. The Morgan fingerprint density at radius 1 is 1.18 bits per heavy atom. The summed E-state index contributed by atoms with van der Waals surface area (Å²) in [6, 6.07) is 4.04. The van der Waals surface area contributed by atoms with Crippen LogP contribution < -0.4 is 11.1 Å². The molecule has 1 amide bonds. The Morgan fingerprint density at radius 2 is 1.82 bits per heavy atom. The lowest BCUT2D eigenvalue weighted by molar-refractivity contribution is -0.137. The molecule has 28 heavy (non-hydrogen) atoms. The average molecular weight is 413 g/mol. The van der Waals surface area contributed by atoms with E-state index in [1.54, 1.807) is 18.5 Å². The van der Waals surface area contributed by atoms with Crippen molar-refractivity contribution in [1.29, 1.82) is 0 Å². The highest BCUT2D eigenvalue weighted by Crippen LogP contribution is 2.33. The first-order chi connectivity index (χ1) is 13.3. The van der Waals surface area contributed by atoms with Gasteiger partial charge in [-0.05, 0) is 55.9 Å². The number of hydrogen-bond donors (Lipinski definition) is 2. The summed E-state index contributed by atoms with van der Waals surface area (Å²) in [5.41, 5.74) is 5.17. The second-order valence-electron chi connectivity index (χ2n) is 6.91. The van der Waals surface area contributed by atoms with Crippen LogP contribution in [0.1, 0.15) is 53.5 Å². The summed E-state index contributed by atoms with van der Waals surface area (Å²) in [6.07, 6.45) is 1.63. The third-order valence-corrected chi connectivity index (χ3v) is 5.37. The lowest BCUT2D eigenvalue weighted by Crippen LogP contribution is -2.39. The van der Waals surface area contributed by atoms with E-state index in [4.69, 9.17) is 17.3 Å². The lowest BCUT2D eigenvalue weighted by atomic mass is 9.81. The van der Waals surface area contributed by atoms with Gasteiger partial charge in [-0.15, -0.1) is 0 Å². The number of alkyl halides is 3. The number of carbonyl (C=O) groups is 1. The van der Waals surface area contributed by atoms with Gasteiger partial charge in [0.15, 0.2) is 0 Å². The fourth-order valence-electron chi connectivity index (χ4n) is 3.45. The van der Waals surface area contributed by atoms with Crippen LogP contribution in [0.5, 0.6) is 0 Å². The number of amides is 1. The van der Waals surface area contributed by atoms with Gasteiger partial charge < -0.3 is 11.1 Å². The van der Waals surface area contributed by atoms with Gasteiger partial charge in [0.2, 0.25) is 0 Å². The van der Waals surface area contributed by atoms with Crippen molar-refractivity contribution < 1.29 is 18.0 Å². The Balaban J connectivity index is 1.60. The second kappa shape index (κ2) is 8.45. The Labute approximate surface area is 165 Å². The van der Waals surface area contributed by atoms with Gasteiger partial charge in [0.1, 0.15) is 5.82 Å². The Morgan fingerprint density at radius 3 is 2.43 bits per heavy atom. The molecule has 0 radical (unpaired) electrons. The summed E-state index contributed by atoms with van der Waals surface area (Å²) in [6.45, 7) is 0. The number of benzene rings is 1. The van der Waals surface area contributed by atoms with Crippen LogP contribution in [0.2, 0.25) is 5.02 Å². The molecule has 1 saturated carbocycles. The van der Waals surface area contributed by atoms with Crippen LogP contribution in [0, 0.1) is 5.92 Å². The SMILES string of the molecule is NC(c1ncccn1)C1CCC(NC(=O)c2cc(C(F)(F)F)ccc2Cl)CC1. The van der Waals surface area contributed by atoms with Crippen molar-refractivity contribution in [2.24, 2.45) is 11.7 Å². The van der Waals surface area contributed by atoms with E-state index in [0.29, 0.717) is 18.7 Å². The van der Waals surface area contributed by atoms with Gasteiger partial charge in [0, 0.05) is 18.4 Å². The number of rotatable bonds is 4. The third kappa shape index (κ3) is 4.80. The minimum absolute atomic E-state index is 0.0116. The van der Waals surface area contributed by atoms with E-state index in [9.17, 15) is 18.0 Å². The van der Waals surface area contributed by atoms with E-state index in [0.717, 1.165) is 31.0 Å². The zero-order valence-corrected chi connectivity index (χ0v) is 15.7. The molecular weight excluding hydrogens is 393 g/mol. The normalized spacial score (nSPS) is 21.2. The molecule has 9 heteroatoms. The number of aromatic nitrogens is 2. The van der Waals surface area contributed by atoms with Crippen molar-refractivity contribution in [3.05, 3.63) is 58.6 Å². The molecule has 1 heterocycles. The van der Waals surface area contributed by atoms with Crippen LogP contribution in [0.3, 0.4) is 0 Å². The van der Waals surface area contributed by atoms with Gasteiger partial charge in [0.25, 0.3) is 5.91 Å². The van der Waals surface area contributed by atoms with Crippen LogP contribution >= 0.6 is 11.6 Å². The van der Waals surface area contributed by atoms with Gasteiger partial charge in [-0.25, -0.2) is 9.97 Å². The number of nitrogens with two attached hydrogens (primary N) is 1.